The Morgan fingerprint density at radius 2 is 1.61 bits per heavy atom. The molecule has 1 fully saturated rings. The number of ether oxygens (including phenoxy) is 1. The van der Waals surface area contributed by atoms with Gasteiger partial charge in [0.1, 0.15) is 11.6 Å². The van der Waals surface area contributed by atoms with Crippen molar-refractivity contribution in [2.24, 2.45) is 0 Å². The maximum Gasteiger partial charge on any atom is 0.290 e. The minimum Gasteiger partial charge on any atom is -0.483 e. The van der Waals surface area contributed by atoms with Gasteiger partial charge in [0, 0.05) is 37.8 Å². The van der Waals surface area contributed by atoms with Crippen LogP contribution in [0.2, 0.25) is 0 Å². The number of carbonyl (C=O) groups is 2. The lowest BCUT2D eigenvalue weighted by Gasteiger charge is -2.26. The molecule has 0 bridgehead atoms. The van der Waals surface area contributed by atoms with Gasteiger partial charge in [-0.25, -0.2) is 17.2 Å². The van der Waals surface area contributed by atoms with Crippen molar-refractivity contribution in [1.29, 1.82) is 0 Å². The molecule has 1 aliphatic heterocycles. The number of aryl methyl sites for hydroxylation is 1. The highest BCUT2D eigenvalue weighted by molar-refractivity contribution is 7.89. The highest BCUT2D eigenvalue weighted by atomic mass is 32.2. The molecule has 13 heteroatoms. The highest BCUT2D eigenvalue weighted by Crippen LogP contribution is 2.18. The molecule has 10 nitrogen and oxygen atoms in total. The summed E-state index contributed by atoms with van der Waals surface area (Å²) >= 11 is 0. The fourth-order valence-corrected chi connectivity index (χ4v) is 6.11. The van der Waals surface area contributed by atoms with Crippen molar-refractivity contribution in [3.63, 3.8) is 0 Å². The molecule has 0 saturated carbocycles. The van der Waals surface area contributed by atoms with Gasteiger partial charge in [0.05, 0.1) is 30.3 Å². The third kappa shape index (κ3) is 10.2. The van der Waals surface area contributed by atoms with Crippen molar-refractivity contribution in [3.05, 3.63) is 101 Å². The van der Waals surface area contributed by atoms with E-state index in [0.29, 0.717) is 19.8 Å². The normalized spacial score (nSPS) is 15.0. The number of sulfonamides is 1. The number of morpholine rings is 1. The van der Waals surface area contributed by atoms with Gasteiger partial charge in [0.15, 0.2) is 0 Å². The van der Waals surface area contributed by atoms with E-state index in [0.717, 1.165) is 30.2 Å². The Kier molecular flexibility index (Phi) is 13.4. The number of amides is 1. The Bertz CT molecular complexity index is 1460. The molecule has 0 unspecified atom stereocenters. The van der Waals surface area contributed by atoms with Crippen LogP contribution in [0.3, 0.4) is 0 Å². The number of carbonyl (C=O) groups excluding carboxylic acids is 1. The first kappa shape index (κ1) is 34.7. The molecule has 2 atom stereocenters. The smallest absolute Gasteiger partial charge is 0.290 e. The lowest BCUT2D eigenvalue weighted by atomic mass is 10.00. The number of nitrogens with zero attached hydrogens (tertiary/aromatic N) is 1. The van der Waals surface area contributed by atoms with E-state index in [1.165, 1.54) is 34.1 Å². The zero-order valence-corrected chi connectivity index (χ0v) is 25.1. The minimum atomic E-state index is -3.73. The zero-order chi connectivity index (χ0) is 32.1. The maximum absolute atomic E-state index is 13.9. The minimum absolute atomic E-state index is 0.0297. The summed E-state index contributed by atoms with van der Waals surface area (Å²) in [5, 5.41) is 23.8. The second-order valence-corrected chi connectivity index (χ2v) is 12.0. The number of rotatable bonds is 12. The van der Waals surface area contributed by atoms with Gasteiger partial charge in [0.25, 0.3) is 12.4 Å². The van der Waals surface area contributed by atoms with Crippen LogP contribution in [0.4, 0.5) is 8.78 Å². The van der Waals surface area contributed by atoms with Gasteiger partial charge in [-0.15, -0.1) is 0 Å². The van der Waals surface area contributed by atoms with E-state index in [4.69, 9.17) is 14.6 Å². The lowest BCUT2D eigenvalue weighted by Crippen LogP contribution is -2.48. The van der Waals surface area contributed by atoms with Crippen LogP contribution in [0.25, 0.3) is 0 Å². The third-order valence-electron chi connectivity index (χ3n) is 6.97. The quantitative estimate of drug-likeness (QED) is 0.223. The largest absolute Gasteiger partial charge is 0.483 e. The highest BCUT2D eigenvalue weighted by Gasteiger charge is 2.27. The first-order valence-corrected chi connectivity index (χ1v) is 15.5. The van der Waals surface area contributed by atoms with Gasteiger partial charge in [-0.05, 0) is 65.9 Å². The van der Waals surface area contributed by atoms with Crippen molar-refractivity contribution in [3.8, 4) is 0 Å². The average molecular weight is 634 g/mol. The van der Waals surface area contributed by atoms with Gasteiger partial charge in [0.2, 0.25) is 10.0 Å². The maximum atomic E-state index is 13.9. The van der Waals surface area contributed by atoms with Gasteiger partial charge in [-0.3, -0.25) is 9.59 Å². The molecule has 0 aliphatic carbocycles. The Hall–Kier alpha value is -3.75. The number of benzene rings is 3. The van der Waals surface area contributed by atoms with Crippen molar-refractivity contribution >= 4 is 22.4 Å². The Morgan fingerprint density at radius 1 is 1.00 bits per heavy atom. The molecule has 4 N–H and O–H groups in total. The number of carboxylic acid groups (broad SMARTS) is 1. The van der Waals surface area contributed by atoms with Crippen molar-refractivity contribution in [2.75, 3.05) is 32.8 Å². The molecular weight excluding hydrogens is 596 g/mol. The van der Waals surface area contributed by atoms with E-state index < -0.39 is 39.7 Å². The molecule has 0 aromatic heterocycles. The fourth-order valence-electron chi connectivity index (χ4n) is 4.70. The van der Waals surface area contributed by atoms with E-state index in [1.807, 2.05) is 18.2 Å². The van der Waals surface area contributed by atoms with Crippen LogP contribution in [-0.2, 0) is 38.9 Å². The number of nitrogens with one attached hydrogen (secondary N) is 2. The molecule has 0 spiro atoms. The molecular formula is C31H37F2N3O7S. The van der Waals surface area contributed by atoms with Gasteiger partial charge >= 0.3 is 0 Å². The number of aliphatic hydroxyl groups excluding tert-OH is 1. The summed E-state index contributed by atoms with van der Waals surface area (Å²) in [6, 6.07) is 15.7. The van der Waals surface area contributed by atoms with Gasteiger partial charge in [-0.2, -0.15) is 4.31 Å². The second-order valence-electron chi connectivity index (χ2n) is 10.1. The van der Waals surface area contributed by atoms with Crippen LogP contribution in [0.5, 0.6) is 0 Å². The Balaban J connectivity index is 0.00000169. The molecule has 3 aromatic carbocycles. The number of halogens is 2. The van der Waals surface area contributed by atoms with Crippen molar-refractivity contribution < 1.29 is 41.7 Å². The van der Waals surface area contributed by atoms with E-state index in [2.05, 4.69) is 23.6 Å². The Morgan fingerprint density at radius 3 is 2.23 bits per heavy atom. The van der Waals surface area contributed by atoms with E-state index >= 15 is 0 Å². The Labute approximate surface area is 255 Å². The van der Waals surface area contributed by atoms with Crippen LogP contribution >= 0.6 is 0 Å². The molecule has 0 radical (unpaired) electrons. The van der Waals surface area contributed by atoms with Gasteiger partial charge < -0.3 is 25.6 Å². The van der Waals surface area contributed by atoms with E-state index in [9.17, 15) is 27.1 Å². The van der Waals surface area contributed by atoms with Crippen LogP contribution in [0.15, 0.2) is 71.6 Å². The monoisotopic (exact) mass is 633 g/mol. The molecule has 4 rings (SSSR count). The van der Waals surface area contributed by atoms with Gasteiger partial charge in [-0.1, -0.05) is 31.2 Å². The SMILES string of the molecule is CCc1cccc(CNC[C@@H](O)[C@H](Cc2cc(F)cc(F)c2)NC(=O)c2ccc(S(=O)(=O)N3CCOCC3)cc2)c1.O=CO. The molecule has 1 aliphatic rings. The molecule has 1 amide bonds. The van der Waals surface area contributed by atoms with E-state index in [1.54, 1.807) is 0 Å². The third-order valence-corrected chi connectivity index (χ3v) is 8.88. The molecule has 238 valence electrons. The number of hydrogen-bond acceptors (Lipinski definition) is 7. The first-order valence-electron chi connectivity index (χ1n) is 14.1. The standard InChI is InChI=1S/C30H35F2N3O5S.CH2O2/c1-2-21-4-3-5-22(14-21)19-33-20-29(36)28(17-23-15-25(31)18-26(32)16-23)34-30(37)24-6-8-27(9-7-24)41(38,39)35-10-12-40-13-11-35;2-1-3/h3-9,14-16,18,28-29,33,36H,2,10-13,17,19-20H2,1H3,(H,34,37);1H,(H,2,3)/t28-,29+;/m0./s1. The van der Waals surface area contributed by atoms with E-state index in [-0.39, 0.29) is 48.5 Å². The average Bonchev–Trinajstić information content (AvgIpc) is 3.01. The van der Waals surface area contributed by atoms with Crippen LogP contribution in [0.1, 0.15) is 34.0 Å². The second kappa shape index (κ2) is 16.9. The van der Waals surface area contributed by atoms with Crippen LogP contribution < -0.4 is 10.6 Å². The van der Waals surface area contributed by atoms with Crippen LogP contribution in [0, 0.1) is 11.6 Å². The van der Waals surface area contributed by atoms with Crippen molar-refractivity contribution in [1.82, 2.24) is 14.9 Å². The summed E-state index contributed by atoms with van der Waals surface area (Å²) in [5.41, 5.74) is 2.68. The fraction of sp³-hybridized carbons (Fsp3) is 0.355. The predicted molar refractivity (Wildman–Crippen MR) is 160 cm³/mol. The molecule has 1 heterocycles. The topological polar surface area (TPSA) is 145 Å². The summed E-state index contributed by atoms with van der Waals surface area (Å²) in [4.78, 5) is 21.6. The summed E-state index contributed by atoms with van der Waals surface area (Å²) < 4.78 is 60.1. The summed E-state index contributed by atoms with van der Waals surface area (Å²) in [5.74, 6) is -2.08. The van der Waals surface area contributed by atoms with Crippen molar-refractivity contribution in [2.45, 2.75) is 43.4 Å². The predicted octanol–water partition coefficient (Wildman–Crippen LogP) is 2.74. The summed E-state index contributed by atoms with van der Waals surface area (Å²) in [6.07, 6.45) is -0.229. The number of hydrogen-bond donors (Lipinski definition) is 4. The molecule has 1 saturated heterocycles. The summed E-state index contributed by atoms with van der Waals surface area (Å²) in [7, 11) is -3.73. The van der Waals surface area contributed by atoms with Crippen LogP contribution in [-0.4, -0.2) is 80.3 Å². The summed E-state index contributed by atoms with van der Waals surface area (Å²) in [6.45, 7) is 3.55. The molecule has 3 aromatic rings. The molecule has 44 heavy (non-hydrogen) atoms. The first-order chi connectivity index (χ1) is 21.1. The number of aliphatic hydroxyl groups is 1. The zero-order valence-electron chi connectivity index (χ0n) is 24.3. The lowest BCUT2D eigenvalue weighted by molar-refractivity contribution is -0.122.